The van der Waals surface area contributed by atoms with E-state index in [-0.39, 0.29) is 11.8 Å². The molecule has 24 heavy (non-hydrogen) atoms. The van der Waals surface area contributed by atoms with Crippen LogP contribution < -0.4 is 9.80 Å². The van der Waals surface area contributed by atoms with Crippen LogP contribution in [-0.2, 0) is 16.1 Å². The lowest BCUT2D eigenvalue weighted by Crippen LogP contribution is -3.15. The van der Waals surface area contributed by atoms with Gasteiger partial charge >= 0.3 is 5.97 Å². The van der Waals surface area contributed by atoms with Crippen LogP contribution in [-0.4, -0.2) is 38.7 Å². The molecule has 0 amide bonds. The second kappa shape index (κ2) is 7.93. The third kappa shape index (κ3) is 4.55. The number of hydrogen-bond acceptors (Lipinski definition) is 3. The minimum absolute atomic E-state index is 0.163. The molecule has 1 fully saturated rings. The molecule has 2 aromatic rings. The van der Waals surface area contributed by atoms with Gasteiger partial charge in [0.1, 0.15) is 12.4 Å². The molecular weight excluding hydrogens is 307 g/mol. The van der Waals surface area contributed by atoms with E-state index in [2.05, 4.69) is 4.90 Å². The first-order chi connectivity index (χ1) is 11.7. The summed E-state index contributed by atoms with van der Waals surface area (Å²) in [7, 11) is 0. The molecular formula is C19H22FN2O2+. The number of piperazine rings is 1. The number of hydrogen-bond donors (Lipinski definition) is 1. The number of nitrogens with zero attached hydrogens (tertiary/aromatic N) is 1. The first kappa shape index (κ1) is 16.5. The van der Waals surface area contributed by atoms with E-state index in [1.807, 2.05) is 30.3 Å². The van der Waals surface area contributed by atoms with Crippen molar-refractivity contribution in [2.24, 2.45) is 0 Å². The Bertz CT molecular complexity index is 653. The predicted molar refractivity (Wildman–Crippen MR) is 90.4 cm³/mol. The van der Waals surface area contributed by atoms with Crippen molar-refractivity contribution in [3.8, 4) is 0 Å². The normalized spacial score (nSPS) is 15.3. The summed E-state index contributed by atoms with van der Waals surface area (Å²) >= 11 is 0. The van der Waals surface area contributed by atoms with E-state index >= 15 is 0 Å². The number of esters is 1. The van der Waals surface area contributed by atoms with Crippen LogP contribution in [0.4, 0.5) is 10.1 Å². The van der Waals surface area contributed by atoms with E-state index in [0.29, 0.717) is 13.2 Å². The number of halogens is 1. The molecule has 0 aromatic heterocycles. The minimum Gasteiger partial charge on any atom is -0.457 e. The zero-order valence-electron chi connectivity index (χ0n) is 13.6. The maximum atomic E-state index is 13.0. The number of ether oxygens (including phenoxy) is 1. The lowest BCUT2D eigenvalue weighted by Gasteiger charge is -2.33. The molecule has 1 N–H and O–H groups in total. The number of rotatable bonds is 5. The molecule has 0 atom stereocenters. The topological polar surface area (TPSA) is 34.0 Å². The molecule has 0 radical (unpaired) electrons. The van der Waals surface area contributed by atoms with Crippen molar-refractivity contribution in [2.45, 2.75) is 6.61 Å². The van der Waals surface area contributed by atoms with Crippen molar-refractivity contribution in [1.82, 2.24) is 0 Å². The average Bonchev–Trinajstić information content (AvgIpc) is 2.62. The molecule has 1 saturated heterocycles. The summed E-state index contributed by atoms with van der Waals surface area (Å²) in [5, 5.41) is 0. The highest BCUT2D eigenvalue weighted by Gasteiger charge is 2.23. The van der Waals surface area contributed by atoms with Gasteiger partial charge in [-0.15, -0.1) is 0 Å². The number of benzene rings is 2. The van der Waals surface area contributed by atoms with Crippen LogP contribution >= 0.6 is 0 Å². The van der Waals surface area contributed by atoms with Gasteiger partial charge in [-0.25, -0.2) is 9.18 Å². The number of quaternary nitrogens is 1. The molecule has 2 aromatic carbocycles. The van der Waals surface area contributed by atoms with Crippen LogP contribution in [0.5, 0.6) is 0 Å². The smallest absolute Gasteiger partial charge is 0.362 e. The first-order valence-corrected chi connectivity index (χ1v) is 8.24. The van der Waals surface area contributed by atoms with Gasteiger partial charge in [-0.05, 0) is 29.8 Å². The van der Waals surface area contributed by atoms with Crippen molar-refractivity contribution in [3.05, 3.63) is 66.0 Å². The van der Waals surface area contributed by atoms with Crippen molar-refractivity contribution in [3.63, 3.8) is 0 Å². The summed E-state index contributed by atoms with van der Waals surface area (Å²) in [5.41, 5.74) is 2.03. The molecule has 1 aliphatic rings. The highest BCUT2D eigenvalue weighted by Crippen LogP contribution is 2.14. The van der Waals surface area contributed by atoms with Gasteiger partial charge in [0.2, 0.25) is 0 Å². The van der Waals surface area contributed by atoms with Crippen LogP contribution in [0, 0.1) is 5.82 Å². The fraction of sp³-hybridized carbons (Fsp3) is 0.316. The SMILES string of the molecule is O=C(C[NH+]1CCN(c2ccc(F)cc2)CC1)OCc1ccccc1. The number of carbonyl (C=O) groups excluding carboxylic acids is 1. The number of anilines is 1. The minimum atomic E-state index is -0.218. The molecule has 0 spiro atoms. The second-order valence-corrected chi connectivity index (χ2v) is 6.04. The van der Waals surface area contributed by atoms with E-state index in [4.69, 9.17) is 4.74 Å². The van der Waals surface area contributed by atoms with Crippen LogP contribution in [0.2, 0.25) is 0 Å². The Morgan fingerprint density at radius 1 is 1.04 bits per heavy atom. The van der Waals surface area contributed by atoms with E-state index in [9.17, 15) is 9.18 Å². The Hall–Kier alpha value is -2.40. The molecule has 0 aliphatic carbocycles. The van der Waals surface area contributed by atoms with Crippen molar-refractivity contribution >= 4 is 11.7 Å². The Balaban J connectivity index is 1.41. The molecule has 0 saturated carbocycles. The number of carbonyl (C=O) groups is 1. The third-order valence-electron chi connectivity index (χ3n) is 4.30. The van der Waals surface area contributed by atoms with Gasteiger partial charge in [0.25, 0.3) is 0 Å². The Labute approximate surface area is 141 Å². The summed E-state index contributed by atoms with van der Waals surface area (Å²) in [6.07, 6.45) is 0. The van der Waals surface area contributed by atoms with Gasteiger partial charge in [0, 0.05) is 5.69 Å². The lowest BCUT2D eigenvalue weighted by atomic mass is 10.2. The van der Waals surface area contributed by atoms with Crippen molar-refractivity contribution in [2.75, 3.05) is 37.6 Å². The maximum Gasteiger partial charge on any atom is 0.362 e. The third-order valence-corrected chi connectivity index (χ3v) is 4.30. The molecule has 3 rings (SSSR count). The first-order valence-electron chi connectivity index (χ1n) is 8.24. The summed E-state index contributed by atoms with van der Waals surface area (Å²) < 4.78 is 18.3. The molecule has 1 heterocycles. The summed E-state index contributed by atoms with van der Waals surface area (Å²) in [6, 6.07) is 16.3. The highest BCUT2D eigenvalue weighted by molar-refractivity contribution is 5.70. The van der Waals surface area contributed by atoms with E-state index in [1.165, 1.54) is 17.0 Å². The van der Waals surface area contributed by atoms with E-state index in [0.717, 1.165) is 37.4 Å². The molecule has 1 aliphatic heterocycles. The van der Waals surface area contributed by atoms with Crippen molar-refractivity contribution < 1.29 is 18.8 Å². The van der Waals surface area contributed by atoms with Crippen LogP contribution in [0.25, 0.3) is 0 Å². The molecule has 0 unspecified atom stereocenters. The maximum absolute atomic E-state index is 13.0. The summed E-state index contributed by atoms with van der Waals surface area (Å²) in [4.78, 5) is 15.4. The zero-order valence-corrected chi connectivity index (χ0v) is 13.6. The Morgan fingerprint density at radius 3 is 2.38 bits per heavy atom. The van der Waals surface area contributed by atoms with Gasteiger partial charge in [-0.3, -0.25) is 0 Å². The Kier molecular flexibility index (Phi) is 5.43. The van der Waals surface area contributed by atoms with Crippen LogP contribution in [0.1, 0.15) is 5.56 Å². The Morgan fingerprint density at radius 2 is 1.71 bits per heavy atom. The van der Waals surface area contributed by atoms with Gasteiger partial charge in [0.05, 0.1) is 26.2 Å². The summed E-state index contributed by atoms with van der Waals surface area (Å²) in [5.74, 6) is -0.381. The molecule has 0 bridgehead atoms. The second-order valence-electron chi connectivity index (χ2n) is 6.04. The fourth-order valence-corrected chi connectivity index (χ4v) is 2.90. The lowest BCUT2D eigenvalue weighted by molar-refractivity contribution is -0.893. The van der Waals surface area contributed by atoms with E-state index < -0.39 is 0 Å². The average molecular weight is 329 g/mol. The van der Waals surface area contributed by atoms with Crippen molar-refractivity contribution in [1.29, 1.82) is 0 Å². The van der Waals surface area contributed by atoms with Gasteiger partial charge < -0.3 is 14.5 Å². The quantitative estimate of drug-likeness (QED) is 0.839. The largest absolute Gasteiger partial charge is 0.457 e. The predicted octanol–water partition coefficient (Wildman–Crippen LogP) is 1.27. The van der Waals surface area contributed by atoms with Gasteiger partial charge in [-0.2, -0.15) is 0 Å². The molecule has 126 valence electrons. The van der Waals surface area contributed by atoms with Gasteiger partial charge in [-0.1, -0.05) is 30.3 Å². The fourth-order valence-electron chi connectivity index (χ4n) is 2.90. The van der Waals surface area contributed by atoms with Crippen LogP contribution in [0.15, 0.2) is 54.6 Å². The van der Waals surface area contributed by atoms with E-state index in [1.54, 1.807) is 12.1 Å². The van der Waals surface area contributed by atoms with Crippen LogP contribution in [0.3, 0.4) is 0 Å². The standard InChI is InChI=1S/C19H21FN2O2/c20-17-6-8-18(9-7-17)22-12-10-21(11-13-22)14-19(23)24-15-16-4-2-1-3-5-16/h1-9H,10-15H2/p+1. The number of nitrogens with one attached hydrogen (secondary N) is 1. The zero-order chi connectivity index (χ0) is 16.8. The highest BCUT2D eigenvalue weighted by atomic mass is 19.1. The summed E-state index contributed by atoms with van der Waals surface area (Å²) in [6.45, 7) is 4.17. The van der Waals surface area contributed by atoms with Gasteiger partial charge in [0.15, 0.2) is 6.54 Å². The molecule has 4 nitrogen and oxygen atoms in total. The monoisotopic (exact) mass is 329 g/mol. The molecule has 5 heteroatoms.